The zero-order chi connectivity index (χ0) is 77.9. The Morgan fingerprint density at radius 1 is 0.274 bits per heavy atom. The SMILES string of the molecule is CCCCCCCCCCCCCCCCCCCCCC(=O)O[C@H](COC(=O)CCCCCCCCCCCCCCCCCC(C)C)COP(=O)(O)OC[C@@H](O)COP(=O)(O)OC[C@@H](COC(=O)CCCCCCCCCCC(C)CC)OC(=O)CCCCCCCCCCCCCCCCC(C)C. The van der Waals surface area contributed by atoms with Gasteiger partial charge in [0.15, 0.2) is 12.2 Å². The summed E-state index contributed by atoms with van der Waals surface area (Å²) in [4.78, 5) is 73.3. The average Bonchev–Trinajstić information content (AvgIpc) is 0.914. The largest absolute Gasteiger partial charge is 0.472 e. The second kappa shape index (κ2) is 77.0. The summed E-state index contributed by atoms with van der Waals surface area (Å²) in [6, 6.07) is 0. The highest BCUT2D eigenvalue weighted by atomic mass is 31.2. The Hall–Kier alpha value is -1.94. The van der Waals surface area contributed by atoms with E-state index in [1.807, 2.05) is 0 Å². The van der Waals surface area contributed by atoms with Crippen LogP contribution in [-0.2, 0) is 65.4 Å². The molecule has 0 spiro atoms. The molecule has 6 atom stereocenters. The summed E-state index contributed by atoms with van der Waals surface area (Å²) in [5, 5.41) is 10.7. The lowest BCUT2D eigenvalue weighted by Crippen LogP contribution is -2.30. The number of aliphatic hydroxyl groups excluding tert-OH is 1. The molecule has 0 saturated carbocycles. The monoisotopic (exact) mass is 1550 g/mol. The zero-order valence-corrected chi connectivity index (χ0v) is 71.7. The van der Waals surface area contributed by atoms with E-state index in [9.17, 15) is 43.2 Å². The molecule has 0 bridgehead atoms. The molecule has 0 aliphatic heterocycles. The normalized spacial score (nSPS) is 14.1. The van der Waals surface area contributed by atoms with Gasteiger partial charge in [0.05, 0.1) is 26.4 Å². The number of unbranched alkanes of at least 4 members (excludes halogenated alkanes) is 52. The molecule has 3 unspecified atom stereocenters. The van der Waals surface area contributed by atoms with E-state index in [1.165, 1.54) is 270 Å². The van der Waals surface area contributed by atoms with E-state index in [4.69, 9.17) is 37.0 Å². The minimum absolute atomic E-state index is 0.107. The van der Waals surface area contributed by atoms with Gasteiger partial charge in [-0.1, -0.05) is 408 Å². The maximum atomic E-state index is 13.2. The highest BCUT2D eigenvalue weighted by Crippen LogP contribution is 2.45. The molecule has 0 aliphatic rings. The van der Waals surface area contributed by atoms with E-state index in [0.29, 0.717) is 25.7 Å². The van der Waals surface area contributed by atoms with Crippen LogP contribution in [0.1, 0.15) is 459 Å². The minimum atomic E-state index is -4.97. The third-order valence-electron chi connectivity index (χ3n) is 20.7. The summed E-state index contributed by atoms with van der Waals surface area (Å²) in [5.74, 6) is 0.276. The summed E-state index contributed by atoms with van der Waals surface area (Å²) < 4.78 is 69.0. The molecule has 0 rings (SSSR count). The van der Waals surface area contributed by atoms with Crippen molar-refractivity contribution in [2.75, 3.05) is 39.6 Å². The van der Waals surface area contributed by atoms with Gasteiger partial charge in [-0.25, -0.2) is 9.13 Å². The van der Waals surface area contributed by atoms with Crippen molar-refractivity contribution in [1.29, 1.82) is 0 Å². The van der Waals surface area contributed by atoms with Crippen LogP contribution in [0.5, 0.6) is 0 Å². The third kappa shape index (κ3) is 78.7. The van der Waals surface area contributed by atoms with Crippen molar-refractivity contribution < 1.29 is 80.2 Å². The van der Waals surface area contributed by atoms with Gasteiger partial charge in [-0.05, 0) is 43.4 Å². The number of carbonyl (C=O) groups is 4. The molecule has 19 heteroatoms. The summed E-state index contributed by atoms with van der Waals surface area (Å²) in [7, 11) is -9.93. The minimum Gasteiger partial charge on any atom is -0.462 e. The van der Waals surface area contributed by atoms with Crippen LogP contribution in [0.2, 0.25) is 0 Å². The van der Waals surface area contributed by atoms with Gasteiger partial charge in [-0.3, -0.25) is 37.3 Å². The van der Waals surface area contributed by atoms with Crippen LogP contribution in [-0.4, -0.2) is 96.7 Å². The van der Waals surface area contributed by atoms with Crippen molar-refractivity contribution in [2.45, 2.75) is 478 Å². The first-order valence-electron chi connectivity index (χ1n) is 44.9. The van der Waals surface area contributed by atoms with Gasteiger partial charge in [0.1, 0.15) is 19.3 Å². The number of hydrogen-bond acceptors (Lipinski definition) is 15. The zero-order valence-electron chi connectivity index (χ0n) is 69.9. The Bertz CT molecular complexity index is 2050. The van der Waals surface area contributed by atoms with E-state index in [-0.39, 0.29) is 25.7 Å². The number of carbonyl (C=O) groups excluding carboxylic acids is 4. The number of phosphoric ester groups is 2. The lowest BCUT2D eigenvalue weighted by molar-refractivity contribution is -0.161. The first-order valence-corrected chi connectivity index (χ1v) is 47.9. The number of phosphoric acid groups is 2. The second-order valence-corrected chi connectivity index (χ2v) is 35.4. The number of aliphatic hydroxyl groups is 1. The lowest BCUT2D eigenvalue weighted by atomic mass is 9.99. The van der Waals surface area contributed by atoms with Gasteiger partial charge in [0.25, 0.3) is 0 Å². The molecule has 0 amide bonds. The first kappa shape index (κ1) is 104. The molecule has 0 aromatic rings. The van der Waals surface area contributed by atoms with Crippen LogP contribution in [0.3, 0.4) is 0 Å². The molecule has 0 aliphatic carbocycles. The molecule has 0 radical (unpaired) electrons. The van der Waals surface area contributed by atoms with Gasteiger partial charge in [-0.15, -0.1) is 0 Å². The first-order chi connectivity index (χ1) is 51.3. The van der Waals surface area contributed by atoms with Crippen molar-refractivity contribution >= 4 is 39.5 Å². The molecule has 106 heavy (non-hydrogen) atoms. The fourth-order valence-corrected chi connectivity index (χ4v) is 15.1. The quantitative estimate of drug-likeness (QED) is 0.0222. The summed E-state index contributed by atoms with van der Waals surface area (Å²) in [6.07, 6.45) is 67.9. The number of esters is 4. The van der Waals surface area contributed by atoms with Crippen molar-refractivity contribution in [2.24, 2.45) is 17.8 Å². The summed E-state index contributed by atoms with van der Waals surface area (Å²) >= 11 is 0. The fraction of sp³-hybridized carbons (Fsp3) is 0.954. The van der Waals surface area contributed by atoms with Crippen LogP contribution in [0.25, 0.3) is 0 Å². The summed E-state index contributed by atoms with van der Waals surface area (Å²) in [6.45, 7) is 12.0. The Morgan fingerprint density at radius 3 is 0.717 bits per heavy atom. The van der Waals surface area contributed by atoms with Gasteiger partial charge >= 0.3 is 39.5 Å². The Morgan fingerprint density at radius 2 is 0.481 bits per heavy atom. The second-order valence-electron chi connectivity index (χ2n) is 32.5. The van der Waals surface area contributed by atoms with E-state index in [0.717, 1.165) is 108 Å². The Labute approximate surface area is 651 Å². The standard InChI is InChI=1S/C87H170O17P2/c1-8-10-11-12-13-14-15-16-17-18-19-20-23-30-35-40-49-56-63-70-86(91)103-82(74-97-84(89)68-61-54-47-39-34-29-24-21-22-27-32-37-44-51-58-65-78(3)4)76-101-105(93,94)99-72-81(88)73-100-106(95,96)102-77-83(75-98-85(90)69-62-55-48-43-42-46-53-60-67-80(7)9-2)104-87(92)71-64-57-50-41-36-31-26-25-28-33-38-45-52-59-66-79(5)6/h78-83,88H,8-77H2,1-7H3,(H,93,94)(H,95,96)/t80?,81-,82-,83-/m1/s1. The maximum Gasteiger partial charge on any atom is 0.472 e. The molecule has 0 aromatic heterocycles. The van der Waals surface area contributed by atoms with Gasteiger partial charge in [0, 0.05) is 25.7 Å². The molecule has 17 nitrogen and oxygen atoms in total. The maximum absolute atomic E-state index is 13.2. The highest BCUT2D eigenvalue weighted by molar-refractivity contribution is 7.47. The van der Waals surface area contributed by atoms with E-state index >= 15 is 0 Å². The number of rotatable bonds is 85. The van der Waals surface area contributed by atoms with Crippen LogP contribution >= 0.6 is 15.6 Å². The van der Waals surface area contributed by atoms with Crippen molar-refractivity contribution in [3.63, 3.8) is 0 Å². The van der Waals surface area contributed by atoms with E-state index in [2.05, 4.69) is 48.5 Å². The van der Waals surface area contributed by atoms with Crippen LogP contribution in [0.15, 0.2) is 0 Å². The predicted molar refractivity (Wildman–Crippen MR) is 437 cm³/mol. The van der Waals surface area contributed by atoms with Crippen LogP contribution in [0.4, 0.5) is 0 Å². The van der Waals surface area contributed by atoms with Crippen LogP contribution < -0.4 is 0 Å². The fourth-order valence-electron chi connectivity index (χ4n) is 13.5. The molecular formula is C87H170O17P2. The highest BCUT2D eigenvalue weighted by Gasteiger charge is 2.31. The van der Waals surface area contributed by atoms with Gasteiger partial charge < -0.3 is 33.8 Å². The van der Waals surface area contributed by atoms with Crippen molar-refractivity contribution in [3.05, 3.63) is 0 Å². The van der Waals surface area contributed by atoms with E-state index in [1.54, 1.807) is 0 Å². The predicted octanol–water partition coefficient (Wildman–Crippen LogP) is 26.5. The van der Waals surface area contributed by atoms with Crippen molar-refractivity contribution in [3.8, 4) is 0 Å². The average molecular weight is 1550 g/mol. The van der Waals surface area contributed by atoms with Gasteiger partial charge in [0.2, 0.25) is 0 Å². The lowest BCUT2D eigenvalue weighted by Gasteiger charge is -2.21. The topological polar surface area (TPSA) is 237 Å². The number of ether oxygens (including phenoxy) is 4. The molecule has 3 N–H and O–H groups in total. The molecule has 0 aromatic carbocycles. The Kier molecular flexibility index (Phi) is 75.6. The van der Waals surface area contributed by atoms with Crippen molar-refractivity contribution in [1.82, 2.24) is 0 Å². The van der Waals surface area contributed by atoms with Crippen LogP contribution in [0, 0.1) is 17.8 Å². The Balaban J connectivity index is 5.26. The smallest absolute Gasteiger partial charge is 0.462 e. The molecule has 0 fully saturated rings. The van der Waals surface area contributed by atoms with E-state index < -0.39 is 97.5 Å². The molecule has 0 heterocycles. The molecule has 0 saturated heterocycles. The third-order valence-corrected chi connectivity index (χ3v) is 22.6. The van der Waals surface area contributed by atoms with Gasteiger partial charge in [-0.2, -0.15) is 0 Å². The summed E-state index contributed by atoms with van der Waals surface area (Å²) in [5.41, 5.74) is 0. The molecular weight excluding hydrogens is 1380 g/mol. The number of hydrogen-bond donors (Lipinski definition) is 3. The molecule has 630 valence electrons.